The van der Waals surface area contributed by atoms with E-state index in [2.05, 4.69) is 30.0 Å². The van der Waals surface area contributed by atoms with Crippen LogP contribution in [0.3, 0.4) is 0 Å². The molecule has 0 aliphatic rings. The third kappa shape index (κ3) is 4.30. The zero-order valence-electron chi connectivity index (χ0n) is 17.7. The largest absolute Gasteiger partial charge is 0.340 e. The number of sulfonamides is 1. The van der Waals surface area contributed by atoms with E-state index in [1.165, 1.54) is 54.3 Å². The molecule has 5 aromatic rings. The Hall–Kier alpha value is -3.96. The summed E-state index contributed by atoms with van der Waals surface area (Å²) in [5, 5.41) is 4.07. The Morgan fingerprint density at radius 3 is 2.32 bits per heavy atom. The van der Waals surface area contributed by atoms with Crippen LogP contribution < -0.4 is 10.0 Å². The molecule has 0 saturated carbocycles. The number of fused-ring (bicyclic) bond motifs is 1. The van der Waals surface area contributed by atoms with Gasteiger partial charge in [0.2, 0.25) is 5.95 Å². The molecule has 8 nitrogen and oxygen atoms in total. The van der Waals surface area contributed by atoms with Gasteiger partial charge in [-0.25, -0.2) is 37.5 Å². The van der Waals surface area contributed by atoms with Gasteiger partial charge in [0.15, 0.2) is 0 Å². The van der Waals surface area contributed by atoms with Gasteiger partial charge in [0.05, 0.1) is 10.3 Å². The SMILES string of the molecule is Cc1sc2ncnc(Nc3ccc(S(=O)(=O)Nc4ncccn4)cc3)c2c1-c1ccc(F)cc1. The van der Waals surface area contributed by atoms with E-state index in [1.54, 1.807) is 30.3 Å². The smallest absolute Gasteiger partial charge is 0.264 e. The highest BCUT2D eigenvalue weighted by atomic mass is 32.2. The molecule has 0 radical (unpaired) electrons. The molecule has 0 aliphatic carbocycles. The molecule has 0 saturated heterocycles. The number of aromatic nitrogens is 4. The van der Waals surface area contributed by atoms with E-state index in [-0.39, 0.29) is 16.7 Å². The van der Waals surface area contributed by atoms with Crippen molar-refractivity contribution in [1.82, 2.24) is 19.9 Å². The van der Waals surface area contributed by atoms with Crippen molar-refractivity contribution in [3.05, 3.63) is 84.0 Å². The van der Waals surface area contributed by atoms with E-state index in [0.29, 0.717) is 11.5 Å². The van der Waals surface area contributed by atoms with Gasteiger partial charge in [-0.2, -0.15) is 0 Å². The first-order chi connectivity index (χ1) is 16.4. The van der Waals surface area contributed by atoms with Crippen LogP contribution in [0, 0.1) is 12.7 Å². The first-order valence-electron chi connectivity index (χ1n) is 10.1. The lowest BCUT2D eigenvalue weighted by atomic mass is 10.0. The second-order valence-electron chi connectivity index (χ2n) is 7.27. The maximum atomic E-state index is 13.5. The summed E-state index contributed by atoms with van der Waals surface area (Å²) >= 11 is 1.52. The van der Waals surface area contributed by atoms with Gasteiger partial charge in [-0.1, -0.05) is 12.1 Å². The van der Waals surface area contributed by atoms with Crippen LogP contribution in [0.5, 0.6) is 0 Å². The molecular weight excluding hydrogens is 475 g/mol. The van der Waals surface area contributed by atoms with Crippen LogP contribution in [0.1, 0.15) is 4.88 Å². The van der Waals surface area contributed by atoms with Gasteiger partial charge in [-0.3, -0.25) is 0 Å². The highest BCUT2D eigenvalue weighted by molar-refractivity contribution is 7.92. The van der Waals surface area contributed by atoms with Crippen LogP contribution in [0.2, 0.25) is 0 Å². The van der Waals surface area contributed by atoms with Crippen LogP contribution in [0.4, 0.5) is 21.8 Å². The molecule has 0 bridgehead atoms. The highest BCUT2D eigenvalue weighted by Gasteiger charge is 2.18. The van der Waals surface area contributed by atoms with Crippen LogP contribution in [0.25, 0.3) is 21.3 Å². The summed E-state index contributed by atoms with van der Waals surface area (Å²) in [5.74, 6) is 0.258. The predicted octanol–water partition coefficient (Wildman–Crippen LogP) is 5.14. The van der Waals surface area contributed by atoms with Crippen LogP contribution in [-0.4, -0.2) is 28.4 Å². The minimum atomic E-state index is -3.84. The standard InChI is InChI=1S/C23H17FN6O2S2/c1-14-19(15-3-5-16(24)6-4-15)20-21(27-13-28-22(20)33-14)29-17-7-9-18(10-8-17)34(31,32)30-23-25-11-2-12-26-23/h2-13H,1H3,(H,25,26,30)(H,27,28,29). The van der Waals surface area contributed by atoms with Crippen LogP contribution >= 0.6 is 11.3 Å². The predicted molar refractivity (Wildman–Crippen MR) is 130 cm³/mol. The van der Waals surface area contributed by atoms with E-state index in [0.717, 1.165) is 26.2 Å². The summed E-state index contributed by atoms with van der Waals surface area (Å²) in [6.07, 6.45) is 4.37. The molecule has 0 atom stereocenters. The lowest BCUT2D eigenvalue weighted by molar-refractivity contribution is 0.601. The minimum Gasteiger partial charge on any atom is -0.340 e. The fourth-order valence-corrected chi connectivity index (χ4v) is 5.46. The average molecular weight is 493 g/mol. The van der Waals surface area contributed by atoms with Crippen molar-refractivity contribution in [3.8, 4) is 11.1 Å². The summed E-state index contributed by atoms with van der Waals surface area (Å²) in [4.78, 5) is 18.5. The van der Waals surface area contributed by atoms with Gasteiger partial charge in [0.25, 0.3) is 10.0 Å². The number of rotatable bonds is 6. The molecule has 170 valence electrons. The Bertz CT molecular complexity index is 1570. The number of nitrogens with one attached hydrogen (secondary N) is 2. The number of hydrogen-bond acceptors (Lipinski definition) is 8. The molecule has 0 amide bonds. The molecule has 11 heteroatoms. The number of thiophene rings is 1. The second kappa shape index (κ2) is 8.76. The molecule has 34 heavy (non-hydrogen) atoms. The number of halogens is 1. The van der Waals surface area contributed by atoms with Crippen molar-refractivity contribution in [2.45, 2.75) is 11.8 Å². The normalized spacial score (nSPS) is 11.5. The van der Waals surface area contributed by atoms with Gasteiger partial charge >= 0.3 is 0 Å². The van der Waals surface area contributed by atoms with E-state index in [4.69, 9.17) is 0 Å². The van der Waals surface area contributed by atoms with Crippen molar-refractivity contribution >= 4 is 49.0 Å². The van der Waals surface area contributed by atoms with Gasteiger partial charge in [-0.05, 0) is 55.0 Å². The average Bonchev–Trinajstić information content (AvgIpc) is 3.17. The molecule has 0 fully saturated rings. The first-order valence-corrected chi connectivity index (χ1v) is 12.4. The van der Waals surface area contributed by atoms with Crippen molar-refractivity contribution < 1.29 is 12.8 Å². The summed E-state index contributed by atoms with van der Waals surface area (Å²) in [7, 11) is -3.84. The van der Waals surface area contributed by atoms with Gasteiger partial charge in [-0.15, -0.1) is 11.3 Å². The zero-order chi connectivity index (χ0) is 23.7. The van der Waals surface area contributed by atoms with Crippen molar-refractivity contribution in [1.29, 1.82) is 0 Å². The molecule has 0 unspecified atom stereocenters. The van der Waals surface area contributed by atoms with Gasteiger partial charge in [0.1, 0.15) is 22.8 Å². The molecule has 3 aromatic heterocycles. The van der Waals surface area contributed by atoms with Gasteiger partial charge < -0.3 is 5.32 Å². The Kier molecular flexibility index (Phi) is 5.64. The van der Waals surface area contributed by atoms with Crippen molar-refractivity contribution in [3.63, 3.8) is 0 Å². The molecule has 3 heterocycles. The number of anilines is 3. The summed E-state index contributed by atoms with van der Waals surface area (Å²) in [5.41, 5.74) is 2.43. The van der Waals surface area contributed by atoms with E-state index in [9.17, 15) is 12.8 Å². The monoisotopic (exact) mass is 492 g/mol. The maximum absolute atomic E-state index is 13.5. The summed E-state index contributed by atoms with van der Waals surface area (Å²) in [6.45, 7) is 1.98. The van der Waals surface area contributed by atoms with E-state index in [1.807, 2.05) is 6.92 Å². The number of nitrogens with zero attached hydrogens (tertiary/aromatic N) is 4. The van der Waals surface area contributed by atoms with Crippen molar-refractivity contribution in [2.75, 3.05) is 10.0 Å². The van der Waals surface area contributed by atoms with Crippen molar-refractivity contribution in [2.24, 2.45) is 0 Å². The summed E-state index contributed by atoms with van der Waals surface area (Å²) in [6, 6.07) is 14.1. The molecule has 0 spiro atoms. The second-order valence-corrected chi connectivity index (χ2v) is 10.2. The highest BCUT2D eigenvalue weighted by Crippen LogP contribution is 2.41. The Morgan fingerprint density at radius 2 is 1.62 bits per heavy atom. The molecule has 2 aromatic carbocycles. The topological polar surface area (TPSA) is 110 Å². The third-order valence-corrected chi connectivity index (χ3v) is 7.37. The molecule has 5 rings (SSSR count). The number of hydrogen-bond donors (Lipinski definition) is 2. The van der Waals surface area contributed by atoms with Gasteiger partial charge in [0, 0.05) is 28.5 Å². The quantitative estimate of drug-likeness (QED) is 0.338. The first kappa shape index (κ1) is 21.9. The molecule has 2 N–H and O–H groups in total. The van der Waals surface area contributed by atoms with E-state index >= 15 is 0 Å². The minimum absolute atomic E-state index is 0.00534. The molecule has 0 aliphatic heterocycles. The lowest BCUT2D eigenvalue weighted by Gasteiger charge is -2.10. The Balaban J connectivity index is 1.46. The maximum Gasteiger partial charge on any atom is 0.264 e. The van der Waals surface area contributed by atoms with Crippen LogP contribution in [0.15, 0.2) is 78.2 Å². The Labute approximate surface area is 198 Å². The number of aryl methyl sites for hydroxylation is 1. The number of benzene rings is 2. The third-order valence-electron chi connectivity index (χ3n) is 5.02. The fraction of sp³-hybridized carbons (Fsp3) is 0.0435. The lowest BCUT2D eigenvalue weighted by Crippen LogP contribution is -2.14. The Morgan fingerprint density at radius 1 is 0.912 bits per heavy atom. The summed E-state index contributed by atoms with van der Waals surface area (Å²) < 4.78 is 41.0. The zero-order valence-corrected chi connectivity index (χ0v) is 19.4. The van der Waals surface area contributed by atoms with E-state index < -0.39 is 10.0 Å². The molecular formula is C23H17FN6O2S2. The van der Waals surface area contributed by atoms with Crippen LogP contribution in [-0.2, 0) is 10.0 Å². The fourth-order valence-electron chi connectivity index (χ4n) is 3.49.